The molecule has 3 heteroatoms. The Kier molecular flexibility index (Phi) is 3.99. The molecule has 1 aromatic heterocycles. The highest BCUT2D eigenvalue weighted by molar-refractivity contribution is 5.06. The molecule has 1 aromatic rings. The highest BCUT2D eigenvalue weighted by atomic mass is 16.4. The first-order valence-corrected chi connectivity index (χ1v) is 4.64. The van der Waals surface area contributed by atoms with Crippen molar-refractivity contribution in [1.29, 1.82) is 0 Å². The highest BCUT2D eigenvalue weighted by Gasteiger charge is 2.00. The molecule has 0 radical (unpaired) electrons. The SMILES string of the molecule is CC(C)NCCc1ccc(CO)o1. The van der Waals surface area contributed by atoms with Gasteiger partial charge in [0.2, 0.25) is 0 Å². The molecule has 0 aromatic carbocycles. The number of furan rings is 1. The minimum absolute atomic E-state index is 0.0163. The predicted molar refractivity (Wildman–Crippen MR) is 51.5 cm³/mol. The highest BCUT2D eigenvalue weighted by Crippen LogP contribution is 2.07. The molecule has 0 bridgehead atoms. The van der Waals surface area contributed by atoms with Crippen LogP contribution in [0.1, 0.15) is 25.4 Å². The van der Waals surface area contributed by atoms with Gasteiger partial charge in [0.05, 0.1) is 0 Å². The fourth-order valence-corrected chi connectivity index (χ4v) is 1.13. The lowest BCUT2D eigenvalue weighted by Crippen LogP contribution is -2.24. The van der Waals surface area contributed by atoms with E-state index < -0.39 is 0 Å². The molecule has 0 atom stereocenters. The second-order valence-corrected chi connectivity index (χ2v) is 3.38. The molecule has 13 heavy (non-hydrogen) atoms. The Morgan fingerprint density at radius 3 is 2.62 bits per heavy atom. The van der Waals surface area contributed by atoms with Crippen LogP contribution in [-0.2, 0) is 13.0 Å². The smallest absolute Gasteiger partial charge is 0.129 e. The summed E-state index contributed by atoms with van der Waals surface area (Å²) in [4.78, 5) is 0. The second kappa shape index (κ2) is 5.04. The van der Waals surface area contributed by atoms with Crippen molar-refractivity contribution < 1.29 is 9.52 Å². The third kappa shape index (κ3) is 3.61. The maximum absolute atomic E-state index is 8.76. The first kappa shape index (κ1) is 10.3. The van der Waals surface area contributed by atoms with Gasteiger partial charge in [0.25, 0.3) is 0 Å². The Labute approximate surface area is 78.8 Å². The van der Waals surface area contributed by atoms with Gasteiger partial charge in [0, 0.05) is 19.0 Å². The molecule has 0 amide bonds. The molecule has 0 aliphatic rings. The van der Waals surface area contributed by atoms with E-state index in [1.807, 2.05) is 12.1 Å². The first-order valence-electron chi connectivity index (χ1n) is 4.64. The molecule has 0 spiro atoms. The second-order valence-electron chi connectivity index (χ2n) is 3.38. The summed E-state index contributed by atoms with van der Waals surface area (Å²) in [5.74, 6) is 1.57. The fraction of sp³-hybridized carbons (Fsp3) is 0.600. The number of nitrogens with one attached hydrogen (secondary N) is 1. The molecule has 2 N–H and O–H groups in total. The molecule has 0 unspecified atom stereocenters. The quantitative estimate of drug-likeness (QED) is 0.723. The summed E-state index contributed by atoms with van der Waals surface area (Å²) in [5.41, 5.74) is 0. The lowest BCUT2D eigenvalue weighted by molar-refractivity contribution is 0.243. The molecular formula is C10H17NO2. The normalized spacial score (nSPS) is 11.1. The van der Waals surface area contributed by atoms with Gasteiger partial charge in [-0.2, -0.15) is 0 Å². The maximum atomic E-state index is 8.76. The van der Waals surface area contributed by atoms with E-state index in [2.05, 4.69) is 19.2 Å². The lowest BCUT2D eigenvalue weighted by atomic mass is 10.3. The van der Waals surface area contributed by atoms with Crippen molar-refractivity contribution in [2.45, 2.75) is 32.9 Å². The average molecular weight is 183 g/mol. The Morgan fingerprint density at radius 2 is 2.08 bits per heavy atom. The maximum Gasteiger partial charge on any atom is 0.129 e. The summed E-state index contributed by atoms with van der Waals surface area (Å²) in [5, 5.41) is 12.1. The zero-order chi connectivity index (χ0) is 9.68. The molecule has 0 aliphatic carbocycles. The standard InChI is InChI=1S/C10H17NO2/c1-8(2)11-6-5-9-3-4-10(7-12)13-9/h3-4,8,11-12H,5-7H2,1-2H3. The van der Waals surface area contributed by atoms with Crippen LogP contribution < -0.4 is 5.32 Å². The van der Waals surface area contributed by atoms with Gasteiger partial charge in [0.15, 0.2) is 0 Å². The zero-order valence-electron chi connectivity index (χ0n) is 8.21. The van der Waals surface area contributed by atoms with Gasteiger partial charge in [-0.25, -0.2) is 0 Å². The van der Waals surface area contributed by atoms with Crippen molar-refractivity contribution in [3.05, 3.63) is 23.7 Å². The number of aliphatic hydroxyl groups is 1. The van der Waals surface area contributed by atoms with E-state index in [1.165, 1.54) is 0 Å². The summed E-state index contributed by atoms with van der Waals surface area (Å²) in [6.45, 7) is 5.12. The van der Waals surface area contributed by atoms with Gasteiger partial charge in [0.1, 0.15) is 18.1 Å². The van der Waals surface area contributed by atoms with E-state index in [0.717, 1.165) is 18.7 Å². The van der Waals surface area contributed by atoms with Gasteiger partial charge in [-0.1, -0.05) is 13.8 Å². The van der Waals surface area contributed by atoms with E-state index in [9.17, 15) is 0 Å². The van der Waals surface area contributed by atoms with Crippen LogP contribution in [0.4, 0.5) is 0 Å². The van der Waals surface area contributed by atoms with E-state index in [4.69, 9.17) is 9.52 Å². The van der Waals surface area contributed by atoms with Crippen LogP contribution in [0.5, 0.6) is 0 Å². The van der Waals surface area contributed by atoms with Crippen molar-refractivity contribution >= 4 is 0 Å². The summed E-state index contributed by atoms with van der Waals surface area (Å²) in [7, 11) is 0. The summed E-state index contributed by atoms with van der Waals surface area (Å²) >= 11 is 0. The Hall–Kier alpha value is -0.800. The van der Waals surface area contributed by atoms with Crippen LogP contribution >= 0.6 is 0 Å². The lowest BCUT2D eigenvalue weighted by Gasteiger charge is -2.05. The number of rotatable bonds is 5. The van der Waals surface area contributed by atoms with Crippen LogP contribution in [0.3, 0.4) is 0 Å². The molecule has 0 saturated carbocycles. The van der Waals surface area contributed by atoms with Crippen molar-refractivity contribution in [2.75, 3.05) is 6.54 Å². The number of aliphatic hydroxyl groups excluding tert-OH is 1. The number of hydrogen-bond donors (Lipinski definition) is 2. The van der Waals surface area contributed by atoms with Crippen LogP contribution in [0.2, 0.25) is 0 Å². The van der Waals surface area contributed by atoms with E-state index in [-0.39, 0.29) is 6.61 Å². The van der Waals surface area contributed by atoms with Crippen LogP contribution in [-0.4, -0.2) is 17.7 Å². The Morgan fingerprint density at radius 1 is 1.38 bits per heavy atom. The fourth-order valence-electron chi connectivity index (χ4n) is 1.13. The largest absolute Gasteiger partial charge is 0.464 e. The summed E-state index contributed by atoms with van der Waals surface area (Å²) in [6, 6.07) is 4.23. The van der Waals surface area contributed by atoms with Crippen LogP contribution in [0.15, 0.2) is 16.5 Å². The third-order valence-corrected chi connectivity index (χ3v) is 1.80. The minimum Gasteiger partial charge on any atom is -0.464 e. The van der Waals surface area contributed by atoms with E-state index in [1.54, 1.807) is 0 Å². The summed E-state index contributed by atoms with van der Waals surface area (Å²) < 4.78 is 5.32. The van der Waals surface area contributed by atoms with Crippen molar-refractivity contribution in [2.24, 2.45) is 0 Å². The van der Waals surface area contributed by atoms with Crippen molar-refractivity contribution in [1.82, 2.24) is 5.32 Å². The molecule has 0 fully saturated rings. The molecular weight excluding hydrogens is 166 g/mol. The molecule has 1 rings (SSSR count). The molecule has 74 valence electrons. The molecule has 0 saturated heterocycles. The van der Waals surface area contributed by atoms with Gasteiger partial charge in [-0.05, 0) is 12.1 Å². The third-order valence-electron chi connectivity index (χ3n) is 1.80. The molecule has 3 nitrogen and oxygen atoms in total. The van der Waals surface area contributed by atoms with Crippen molar-refractivity contribution in [3.63, 3.8) is 0 Å². The van der Waals surface area contributed by atoms with Crippen LogP contribution in [0.25, 0.3) is 0 Å². The summed E-state index contributed by atoms with van der Waals surface area (Å²) in [6.07, 6.45) is 0.873. The topological polar surface area (TPSA) is 45.4 Å². The van der Waals surface area contributed by atoms with Gasteiger partial charge < -0.3 is 14.8 Å². The monoisotopic (exact) mass is 183 g/mol. The number of hydrogen-bond acceptors (Lipinski definition) is 3. The zero-order valence-corrected chi connectivity index (χ0v) is 8.21. The molecule has 1 heterocycles. The Bertz CT molecular complexity index is 243. The van der Waals surface area contributed by atoms with Crippen LogP contribution in [0, 0.1) is 0 Å². The average Bonchev–Trinajstić information content (AvgIpc) is 2.52. The Balaban J connectivity index is 2.28. The van der Waals surface area contributed by atoms with E-state index >= 15 is 0 Å². The van der Waals surface area contributed by atoms with E-state index in [0.29, 0.717) is 11.8 Å². The van der Waals surface area contributed by atoms with Gasteiger partial charge >= 0.3 is 0 Å². The first-order chi connectivity index (χ1) is 6.22. The van der Waals surface area contributed by atoms with Gasteiger partial charge in [-0.3, -0.25) is 0 Å². The van der Waals surface area contributed by atoms with Gasteiger partial charge in [-0.15, -0.1) is 0 Å². The van der Waals surface area contributed by atoms with Crippen molar-refractivity contribution in [3.8, 4) is 0 Å². The molecule has 0 aliphatic heterocycles. The predicted octanol–water partition coefficient (Wildman–Crippen LogP) is 1.31. The minimum atomic E-state index is -0.0163.